The van der Waals surface area contributed by atoms with Gasteiger partial charge in [0.1, 0.15) is 0 Å². The first-order valence-corrected chi connectivity index (χ1v) is 8.55. The van der Waals surface area contributed by atoms with Gasteiger partial charge in [0.2, 0.25) is 0 Å². The SMILES string of the molecule is OCC1CCCCCN1c1ccc(CNC2CC2)cc1Cl. The Balaban J connectivity index is 1.73. The van der Waals surface area contributed by atoms with E-state index in [0.29, 0.717) is 6.04 Å². The van der Waals surface area contributed by atoms with Crippen LogP contribution >= 0.6 is 11.6 Å². The predicted octanol–water partition coefficient (Wildman–Crippen LogP) is 3.33. The van der Waals surface area contributed by atoms with Crippen molar-refractivity contribution in [1.82, 2.24) is 5.32 Å². The van der Waals surface area contributed by atoms with Crippen molar-refractivity contribution in [2.24, 2.45) is 0 Å². The normalized spacial score (nSPS) is 23.1. The van der Waals surface area contributed by atoms with E-state index in [1.54, 1.807) is 0 Å². The van der Waals surface area contributed by atoms with Crippen LogP contribution in [-0.4, -0.2) is 30.3 Å². The van der Waals surface area contributed by atoms with E-state index >= 15 is 0 Å². The lowest BCUT2D eigenvalue weighted by Crippen LogP contribution is -2.37. The Kier molecular flexibility index (Phi) is 5.04. The Labute approximate surface area is 132 Å². The molecule has 3 rings (SSSR count). The minimum absolute atomic E-state index is 0.209. The molecule has 1 saturated heterocycles. The second-order valence-electron chi connectivity index (χ2n) is 6.32. The summed E-state index contributed by atoms with van der Waals surface area (Å²) < 4.78 is 0. The Bertz CT molecular complexity index is 476. The van der Waals surface area contributed by atoms with Gasteiger partial charge in [0.25, 0.3) is 0 Å². The number of hydrogen-bond acceptors (Lipinski definition) is 3. The Morgan fingerprint density at radius 2 is 2.05 bits per heavy atom. The zero-order valence-corrected chi connectivity index (χ0v) is 13.3. The van der Waals surface area contributed by atoms with Crippen LogP contribution in [0.3, 0.4) is 0 Å². The minimum Gasteiger partial charge on any atom is -0.394 e. The Morgan fingerprint density at radius 3 is 2.76 bits per heavy atom. The highest BCUT2D eigenvalue weighted by Gasteiger charge is 2.23. The zero-order chi connectivity index (χ0) is 14.7. The summed E-state index contributed by atoms with van der Waals surface area (Å²) in [7, 11) is 0. The van der Waals surface area contributed by atoms with E-state index in [1.165, 1.54) is 37.7 Å². The molecule has 1 aromatic carbocycles. The molecule has 0 spiro atoms. The fourth-order valence-corrected chi connectivity index (χ4v) is 3.44. The average molecular weight is 309 g/mol. The number of aliphatic hydroxyl groups is 1. The van der Waals surface area contributed by atoms with Crippen LogP contribution in [0.5, 0.6) is 0 Å². The number of halogens is 1. The zero-order valence-electron chi connectivity index (χ0n) is 12.5. The number of anilines is 1. The molecule has 1 atom stereocenters. The number of benzene rings is 1. The van der Waals surface area contributed by atoms with Crippen LogP contribution in [0.4, 0.5) is 5.69 Å². The summed E-state index contributed by atoms with van der Waals surface area (Å²) in [6, 6.07) is 7.29. The number of rotatable bonds is 5. The maximum atomic E-state index is 9.65. The van der Waals surface area contributed by atoms with E-state index < -0.39 is 0 Å². The highest BCUT2D eigenvalue weighted by Crippen LogP contribution is 2.31. The molecule has 2 fully saturated rings. The van der Waals surface area contributed by atoms with Gasteiger partial charge >= 0.3 is 0 Å². The summed E-state index contributed by atoms with van der Waals surface area (Å²) in [4.78, 5) is 2.30. The van der Waals surface area contributed by atoms with Crippen molar-refractivity contribution in [3.63, 3.8) is 0 Å². The van der Waals surface area contributed by atoms with Crippen molar-refractivity contribution in [2.75, 3.05) is 18.1 Å². The van der Waals surface area contributed by atoms with Crippen molar-refractivity contribution in [2.45, 2.75) is 57.2 Å². The summed E-state index contributed by atoms with van der Waals surface area (Å²) >= 11 is 6.52. The fraction of sp³-hybridized carbons (Fsp3) is 0.647. The van der Waals surface area contributed by atoms with E-state index in [1.807, 2.05) is 0 Å². The van der Waals surface area contributed by atoms with E-state index in [-0.39, 0.29) is 12.6 Å². The summed E-state index contributed by atoms with van der Waals surface area (Å²) in [5.41, 5.74) is 2.32. The minimum atomic E-state index is 0.209. The van der Waals surface area contributed by atoms with Crippen molar-refractivity contribution in [1.29, 1.82) is 0 Å². The van der Waals surface area contributed by atoms with E-state index in [4.69, 9.17) is 11.6 Å². The highest BCUT2D eigenvalue weighted by molar-refractivity contribution is 6.33. The van der Waals surface area contributed by atoms with Gasteiger partial charge in [-0.1, -0.05) is 30.5 Å². The molecule has 2 aliphatic rings. The molecule has 116 valence electrons. The van der Waals surface area contributed by atoms with Gasteiger partial charge in [-0.3, -0.25) is 0 Å². The third-order valence-corrected chi connectivity index (χ3v) is 4.88. The molecule has 0 bridgehead atoms. The Morgan fingerprint density at radius 1 is 1.19 bits per heavy atom. The maximum Gasteiger partial charge on any atom is 0.0642 e. The van der Waals surface area contributed by atoms with Gasteiger partial charge in [-0.05, 0) is 43.4 Å². The van der Waals surface area contributed by atoms with Gasteiger partial charge in [-0.2, -0.15) is 0 Å². The maximum absolute atomic E-state index is 9.65. The van der Waals surface area contributed by atoms with Crippen LogP contribution in [0.2, 0.25) is 5.02 Å². The topological polar surface area (TPSA) is 35.5 Å². The number of aliphatic hydroxyl groups excluding tert-OH is 1. The molecule has 0 radical (unpaired) electrons. The number of nitrogens with zero attached hydrogens (tertiary/aromatic N) is 1. The first-order chi connectivity index (χ1) is 10.3. The molecule has 1 unspecified atom stereocenters. The van der Waals surface area contributed by atoms with Crippen molar-refractivity contribution < 1.29 is 5.11 Å². The molecule has 4 heteroatoms. The molecule has 1 aromatic rings. The lowest BCUT2D eigenvalue weighted by molar-refractivity contribution is 0.255. The van der Waals surface area contributed by atoms with E-state index in [9.17, 15) is 5.11 Å². The van der Waals surface area contributed by atoms with Crippen LogP contribution in [0.15, 0.2) is 18.2 Å². The molecule has 3 nitrogen and oxygen atoms in total. The summed E-state index contributed by atoms with van der Waals surface area (Å²) in [6.45, 7) is 2.10. The second kappa shape index (κ2) is 6.99. The summed E-state index contributed by atoms with van der Waals surface area (Å²) in [5, 5.41) is 14.0. The monoisotopic (exact) mass is 308 g/mol. The molecule has 1 aliphatic carbocycles. The molecule has 21 heavy (non-hydrogen) atoms. The highest BCUT2D eigenvalue weighted by atomic mass is 35.5. The predicted molar refractivity (Wildman–Crippen MR) is 88.0 cm³/mol. The smallest absolute Gasteiger partial charge is 0.0642 e. The average Bonchev–Trinajstić information content (AvgIpc) is 3.32. The summed E-state index contributed by atoms with van der Waals surface area (Å²) in [6.07, 6.45) is 7.28. The van der Waals surface area contributed by atoms with Crippen LogP contribution in [0.25, 0.3) is 0 Å². The molecule has 0 amide bonds. The number of hydrogen-bond donors (Lipinski definition) is 2. The number of nitrogens with one attached hydrogen (secondary N) is 1. The van der Waals surface area contributed by atoms with Crippen LogP contribution in [0, 0.1) is 0 Å². The van der Waals surface area contributed by atoms with Gasteiger partial charge in [0.05, 0.1) is 23.4 Å². The largest absolute Gasteiger partial charge is 0.394 e. The van der Waals surface area contributed by atoms with Gasteiger partial charge in [0, 0.05) is 19.1 Å². The van der Waals surface area contributed by atoms with Crippen LogP contribution in [-0.2, 0) is 6.54 Å². The van der Waals surface area contributed by atoms with E-state index in [2.05, 4.69) is 28.4 Å². The van der Waals surface area contributed by atoms with E-state index in [0.717, 1.165) is 30.2 Å². The summed E-state index contributed by atoms with van der Waals surface area (Å²) in [5.74, 6) is 0. The quantitative estimate of drug-likeness (QED) is 0.876. The molecule has 1 saturated carbocycles. The third-order valence-electron chi connectivity index (χ3n) is 4.58. The molecule has 1 aliphatic heterocycles. The Hall–Kier alpha value is -0.770. The van der Waals surface area contributed by atoms with Crippen molar-refractivity contribution in [3.8, 4) is 0 Å². The van der Waals surface area contributed by atoms with Crippen LogP contribution in [0.1, 0.15) is 44.1 Å². The first kappa shape index (κ1) is 15.1. The lowest BCUT2D eigenvalue weighted by Gasteiger charge is -2.31. The molecular weight excluding hydrogens is 284 g/mol. The third kappa shape index (κ3) is 3.91. The van der Waals surface area contributed by atoms with Crippen LogP contribution < -0.4 is 10.2 Å². The lowest BCUT2D eigenvalue weighted by atomic mass is 10.1. The van der Waals surface area contributed by atoms with Gasteiger partial charge in [-0.15, -0.1) is 0 Å². The van der Waals surface area contributed by atoms with Gasteiger partial charge in [0.15, 0.2) is 0 Å². The molecular formula is C17H25ClN2O. The standard InChI is InChI=1S/C17H25ClN2O/c18-16-10-13(11-19-14-6-7-14)5-8-17(16)20-9-3-1-2-4-15(20)12-21/h5,8,10,14-15,19,21H,1-4,6-7,9,11-12H2. The fourth-order valence-electron chi connectivity index (χ4n) is 3.13. The van der Waals surface area contributed by atoms with Gasteiger partial charge < -0.3 is 15.3 Å². The second-order valence-corrected chi connectivity index (χ2v) is 6.73. The molecule has 1 heterocycles. The van der Waals surface area contributed by atoms with Gasteiger partial charge in [-0.25, -0.2) is 0 Å². The molecule has 0 aromatic heterocycles. The molecule has 2 N–H and O–H groups in total. The first-order valence-electron chi connectivity index (χ1n) is 8.17. The van der Waals surface area contributed by atoms with Crippen molar-refractivity contribution >= 4 is 17.3 Å². The van der Waals surface area contributed by atoms with Crippen molar-refractivity contribution in [3.05, 3.63) is 28.8 Å².